The highest BCUT2D eigenvalue weighted by molar-refractivity contribution is 7.88. The number of carbonyl (C=O) groups is 1. The lowest BCUT2D eigenvalue weighted by atomic mass is 10.2. The summed E-state index contributed by atoms with van der Waals surface area (Å²) in [5.74, 6) is -0.672. The van der Waals surface area contributed by atoms with Crippen molar-refractivity contribution in [2.24, 2.45) is 0 Å². The molecule has 0 aromatic heterocycles. The smallest absolute Gasteiger partial charge is 0.323 e. The Bertz CT molecular complexity index is 504. The molecule has 0 fully saturated rings. The van der Waals surface area contributed by atoms with Crippen LogP contribution in [0.4, 0.5) is 0 Å². The number of hydrogen-bond acceptors (Lipinski definition) is 4. The SMILES string of the molecule is COC(=O)[C@@H](CCCl)NS(=O)(=O)Cc1ccccc1. The third-order valence-electron chi connectivity index (χ3n) is 2.40. The molecule has 1 atom stereocenters. The Morgan fingerprint density at radius 3 is 2.53 bits per heavy atom. The van der Waals surface area contributed by atoms with Gasteiger partial charge < -0.3 is 4.74 Å². The molecule has 1 rings (SSSR count). The summed E-state index contributed by atoms with van der Waals surface area (Å²) in [5.41, 5.74) is 0.643. The van der Waals surface area contributed by atoms with E-state index in [9.17, 15) is 13.2 Å². The van der Waals surface area contributed by atoms with E-state index in [1.807, 2.05) is 0 Å². The van der Waals surface area contributed by atoms with Crippen LogP contribution >= 0.6 is 11.6 Å². The number of methoxy groups -OCH3 is 1. The molecule has 1 N–H and O–H groups in total. The van der Waals surface area contributed by atoms with Crippen LogP contribution in [0.3, 0.4) is 0 Å². The number of nitrogens with one attached hydrogen (secondary N) is 1. The van der Waals surface area contributed by atoms with Gasteiger partial charge in [-0.2, -0.15) is 0 Å². The summed E-state index contributed by atoms with van der Waals surface area (Å²) in [6.07, 6.45) is 0.183. The van der Waals surface area contributed by atoms with Gasteiger partial charge in [-0.3, -0.25) is 4.79 Å². The standard InChI is InChI=1S/C12H16ClNO4S/c1-18-12(15)11(7-8-13)14-19(16,17)9-10-5-3-2-4-6-10/h2-6,11,14H,7-9H2,1H3/t11-/m1/s1. The van der Waals surface area contributed by atoms with Gasteiger partial charge in [0.15, 0.2) is 0 Å². The zero-order valence-electron chi connectivity index (χ0n) is 10.5. The first-order chi connectivity index (χ1) is 8.98. The van der Waals surface area contributed by atoms with E-state index in [4.69, 9.17) is 11.6 Å². The number of carbonyl (C=O) groups excluding carboxylic acids is 1. The maximum Gasteiger partial charge on any atom is 0.323 e. The third-order valence-corrected chi connectivity index (χ3v) is 3.98. The molecule has 0 spiro atoms. The topological polar surface area (TPSA) is 72.5 Å². The van der Waals surface area contributed by atoms with Crippen molar-refractivity contribution in [3.05, 3.63) is 35.9 Å². The molecular weight excluding hydrogens is 290 g/mol. The highest BCUT2D eigenvalue weighted by Crippen LogP contribution is 2.07. The molecule has 106 valence electrons. The molecule has 0 amide bonds. The van der Waals surface area contributed by atoms with Gasteiger partial charge in [0, 0.05) is 5.88 Å². The summed E-state index contributed by atoms with van der Waals surface area (Å²) in [7, 11) is -2.42. The van der Waals surface area contributed by atoms with Gasteiger partial charge in [0.2, 0.25) is 10.0 Å². The lowest BCUT2D eigenvalue weighted by molar-refractivity contribution is -0.142. The first-order valence-corrected chi connectivity index (χ1v) is 7.85. The predicted octanol–water partition coefficient (Wildman–Crippen LogP) is 1.28. The molecule has 1 aromatic rings. The lowest BCUT2D eigenvalue weighted by Gasteiger charge is -2.15. The highest BCUT2D eigenvalue weighted by Gasteiger charge is 2.24. The number of esters is 1. The van der Waals surface area contributed by atoms with Gasteiger partial charge >= 0.3 is 5.97 Å². The Kier molecular flexibility index (Phi) is 6.27. The summed E-state index contributed by atoms with van der Waals surface area (Å²) in [6.45, 7) is 0. The average molecular weight is 306 g/mol. The molecule has 1 aromatic carbocycles. The number of hydrogen-bond donors (Lipinski definition) is 1. The van der Waals surface area contributed by atoms with Crippen molar-refractivity contribution in [3.63, 3.8) is 0 Å². The molecule has 0 aliphatic carbocycles. The molecule has 7 heteroatoms. The second-order valence-electron chi connectivity index (χ2n) is 3.92. The monoisotopic (exact) mass is 305 g/mol. The molecule has 0 aliphatic rings. The Hall–Kier alpha value is -1.11. The minimum atomic E-state index is -3.62. The average Bonchev–Trinajstić information content (AvgIpc) is 2.37. The van der Waals surface area contributed by atoms with E-state index in [1.165, 1.54) is 7.11 Å². The number of benzene rings is 1. The maximum absolute atomic E-state index is 11.9. The van der Waals surface area contributed by atoms with Crippen LogP contribution in [-0.4, -0.2) is 33.4 Å². The number of halogens is 1. The first-order valence-electron chi connectivity index (χ1n) is 5.66. The zero-order valence-corrected chi connectivity index (χ0v) is 12.1. The van der Waals surface area contributed by atoms with Crippen LogP contribution in [0.5, 0.6) is 0 Å². The molecule has 5 nitrogen and oxygen atoms in total. The van der Waals surface area contributed by atoms with E-state index >= 15 is 0 Å². The van der Waals surface area contributed by atoms with Crippen LogP contribution < -0.4 is 4.72 Å². The quantitative estimate of drug-likeness (QED) is 0.608. The summed E-state index contributed by atoms with van der Waals surface area (Å²) < 4.78 is 30.7. The fourth-order valence-corrected chi connectivity index (χ4v) is 3.11. The fourth-order valence-electron chi connectivity index (χ4n) is 1.53. The van der Waals surface area contributed by atoms with Gasteiger partial charge in [0.05, 0.1) is 12.9 Å². The summed E-state index contributed by atoms with van der Waals surface area (Å²) in [4.78, 5) is 11.4. The molecule has 0 saturated heterocycles. The number of alkyl halides is 1. The maximum atomic E-state index is 11.9. The van der Waals surface area contributed by atoms with E-state index in [2.05, 4.69) is 9.46 Å². The van der Waals surface area contributed by atoms with Gasteiger partial charge in [-0.25, -0.2) is 13.1 Å². The molecule has 0 saturated carbocycles. The van der Waals surface area contributed by atoms with Crippen molar-refractivity contribution in [2.45, 2.75) is 18.2 Å². The Morgan fingerprint density at radius 2 is 2.00 bits per heavy atom. The van der Waals surface area contributed by atoms with E-state index < -0.39 is 22.0 Å². The molecule has 19 heavy (non-hydrogen) atoms. The van der Waals surface area contributed by atoms with Crippen molar-refractivity contribution < 1.29 is 17.9 Å². The lowest BCUT2D eigenvalue weighted by Crippen LogP contribution is -2.42. The minimum absolute atomic E-state index is 0.160. The number of ether oxygens (including phenoxy) is 1. The van der Waals surface area contributed by atoms with Crippen molar-refractivity contribution in [3.8, 4) is 0 Å². The molecule has 0 bridgehead atoms. The minimum Gasteiger partial charge on any atom is -0.468 e. The van der Waals surface area contributed by atoms with Crippen molar-refractivity contribution in [1.29, 1.82) is 0 Å². The molecule has 0 aliphatic heterocycles. The van der Waals surface area contributed by atoms with Crippen molar-refractivity contribution in [2.75, 3.05) is 13.0 Å². The molecule has 0 heterocycles. The second-order valence-corrected chi connectivity index (χ2v) is 6.05. The van der Waals surface area contributed by atoms with Crippen LogP contribution in [0.25, 0.3) is 0 Å². The van der Waals surface area contributed by atoms with E-state index in [0.717, 1.165) is 0 Å². The number of rotatable bonds is 7. The van der Waals surface area contributed by atoms with Gasteiger partial charge in [-0.05, 0) is 12.0 Å². The van der Waals surface area contributed by atoms with Crippen LogP contribution in [0.2, 0.25) is 0 Å². The first kappa shape index (κ1) is 15.9. The van der Waals surface area contributed by atoms with E-state index in [-0.39, 0.29) is 18.1 Å². The van der Waals surface area contributed by atoms with Crippen LogP contribution in [0, 0.1) is 0 Å². The van der Waals surface area contributed by atoms with Gasteiger partial charge in [0.25, 0.3) is 0 Å². The molecule has 0 unspecified atom stereocenters. The summed E-state index contributed by atoms with van der Waals surface area (Å²) in [5, 5.41) is 0. The van der Waals surface area contributed by atoms with Crippen LogP contribution in [-0.2, 0) is 25.3 Å². The largest absolute Gasteiger partial charge is 0.468 e. The van der Waals surface area contributed by atoms with E-state index in [0.29, 0.717) is 5.56 Å². The second kappa shape index (κ2) is 7.47. The third kappa shape index (κ3) is 5.59. The van der Waals surface area contributed by atoms with Crippen LogP contribution in [0.1, 0.15) is 12.0 Å². The summed E-state index contributed by atoms with van der Waals surface area (Å²) >= 11 is 5.54. The van der Waals surface area contributed by atoms with Crippen LogP contribution in [0.15, 0.2) is 30.3 Å². The van der Waals surface area contributed by atoms with Crippen molar-refractivity contribution >= 4 is 27.6 Å². The Balaban J connectivity index is 2.74. The Labute approximate surface area is 118 Å². The van der Waals surface area contributed by atoms with E-state index in [1.54, 1.807) is 30.3 Å². The number of sulfonamides is 1. The fraction of sp³-hybridized carbons (Fsp3) is 0.417. The normalized spacial score (nSPS) is 12.9. The predicted molar refractivity (Wildman–Crippen MR) is 73.3 cm³/mol. The van der Waals surface area contributed by atoms with Gasteiger partial charge in [0.1, 0.15) is 6.04 Å². The summed E-state index contributed by atoms with van der Waals surface area (Å²) in [6, 6.07) is 7.76. The highest BCUT2D eigenvalue weighted by atomic mass is 35.5. The zero-order chi connectivity index (χ0) is 14.3. The Morgan fingerprint density at radius 1 is 1.37 bits per heavy atom. The van der Waals surface area contributed by atoms with Gasteiger partial charge in [-0.1, -0.05) is 30.3 Å². The molecule has 0 radical (unpaired) electrons. The van der Waals surface area contributed by atoms with Crippen molar-refractivity contribution in [1.82, 2.24) is 4.72 Å². The van der Waals surface area contributed by atoms with Gasteiger partial charge in [-0.15, -0.1) is 11.6 Å². The molecular formula is C12H16ClNO4S.